The minimum atomic E-state index is 0.00588. The second kappa shape index (κ2) is 5.87. The van der Waals surface area contributed by atoms with E-state index in [2.05, 4.69) is 15.5 Å². The molecule has 0 radical (unpaired) electrons. The Morgan fingerprint density at radius 1 is 1.50 bits per heavy atom. The molecule has 2 aromatic heterocycles. The highest BCUT2D eigenvalue weighted by atomic mass is 16.2. The first-order valence-corrected chi connectivity index (χ1v) is 7.73. The minimum absolute atomic E-state index is 0.00588. The first-order valence-electron chi connectivity index (χ1n) is 7.73. The van der Waals surface area contributed by atoms with Crippen LogP contribution in [0, 0.1) is 13.8 Å². The predicted molar refractivity (Wildman–Crippen MR) is 84.4 cm³/mol. The van der Waals surface area contributed by atoms with Crippen molar-refractivity contribution in [3.05, 3.63) is 41.0 Å². The lowest BCUT2D eigenvalue weighted by molar-refractivity contribution is 0.192. The molecule has 1 fully saturated rings. The quantitative estimate of drug-likeness (QED) is 0.914. The van der Waals surface area contributed by atoms with Gasteiger partial charge in [-0.05, 0) is 38.3 Å². The highest BCUT2D eigenvalue weighted by Crippen LogP contribution is 2.34. The molecule has 2 amide bonds. The van der Waals surface area contributed by atoms with E-state index in [0.29, 0.717) is 6.54 Å². The number of carbonyl (C=O) groups excluding carboxylic acids is 1. The number of hydrogen-bond donors (Lipinski definition) is 2. The zero-order valence-corrected chi connectivity index (χ0v) is 13.4. The Balaban J connectivity index is 1.69. The van der Waals surface area contributed by atoms with Gasteiger partial charge in [0, 0.05) is 43.8 Å². The Kier molecular flexibility index (Phi) is 3.92. The Hall–Kier alpha value is -2.24. The van der Waals surface area contributed by atoms with E-state index in [0.717, 1.165) is 36.3 Å². The summed E-state index contributed by atoms with van der Waals surface area (Å²) in [7, 11) is 1.98. The summed E-state index contributed by atoms with van der Waals surface area (Å²) < 4.78 is 1.98. The van der Waals surface area contributed by atoms with Crippen LogP contribution in [0.25, 0.3) is 0 Å². The van der Waals surface area contributed by atoms with Crippen molar-refractivity contribution in [1.29, 1.82) is 0 Å². The lowest BCUT2D eigenvalue weighted by Gasteiger charge is -2.25. The SMILES string of the molecule is Cc1n[nH]c(C)c1[C@@H]1CCCN1C(=O)NCc1ccn(C)c1. The molecule has 22 heavy (non-hydrogen) atoms. The van der Waals surface area contributed by atoms with Gasteiger partial charge in [-0.1, -0.05) is 0 Å². The summed E-state index contributed by atoms with van der Waals surface area (Å²) in [5, 5.41) is 10.3. The van der Waals surface area contributed by atoms with Gasteiger partial charge in [0.25, 0.3) is 0 Å². The van der Waals surface area contributed by atoms with Gasteiger partial charge in [0.2, 0.25) is 0 Å². The fourth-order valence-electron chi connectivity index (χ4n) is 3.31. The first kappa shape index (κ1) is 14.7. The van der Waals surface area contributed by atoms with E-state index in [4.69, 9.17) is 0 Å². The largest absolute Gasteiger partial charge is 0.357 e. The van der Waals surface area contributed by atoms with Crippen LogP contribution in [0.2, 0.25) is 0 Å². The number of aromatic nitrogens is 3. The Morgan fingerprint density at radius 2 is 2.32 bits per heavy atom. The molecule has 1 aliphatic rings. The Labute approximate surface area is 130 Å². The van der Waals surface area contributed by atoms with E-state index < -0.39 is 0 Å². The van der Waals surface area contributed by atoms with Gasteiger partial charge in [-0.3, -0.25) is 5.10 Å². The molecule has 0 unspecified atom stereocenters. The summed E-state index contributed by atoms with van der Waals surface area (Å²) >= 11 is 0. The number of nitrogens with one attached hydrogen (secondary N) is 2. The van der Waals surface area contributed by atoms with Crippen molar-refractivity contribution >= 4 is 6.03 Å². The third kappa shape index (κ3) is 2.73. The molecular weight excluding hydrogens is 278 g/mol. The summed E-state index contributed by atoms with van der Waals surface area (Å²) in [5.74, 6) is 0. The van der Waals surface area contributed by atoms with Gasteiger partial charge < -0.3 is 14.8 Å². The zero-order chi connectivity index (χ0) is 15.7. The summed E-state index contributed by atoms with van der Waals surface area (Å²) in [4.78, 5) is 14.5. The van der Waals surface area contributed by atoms with Gasteiger partial charge >= 0.3 is 6.03 Å². The van der Waals surface area contributed by atoms with E-state index in [1.165, 1.54) is 5.56 Å². The van der Waals surface area contributed by atoms with E-state index >= 15 is 0 Å². The standard InChI is InChI=1S/C16H23N5O/c1-11-15(12(2)19-18-11)14-5-4-7-21(14)16(22)17-9-13-6-8-20(3)10-13/h6,8,10,14H,4-5,7,9H2,1-3H3,(H,17,22)(H,18,19)/t14-/m0/s1. The topological polar surface area (TPSA) is 66.0 Å². The zero-order valence-electron chi connectivity index (χ0n) is 13.4. The molecule has 0 aliphatic carbocycles. The third-order valence-corrected chi connectivity index (χ3v) is 4.37. The van der Waals surface area contributed by atoms with Gasteiger partial charge in [0.15, 0.2) is 0 Å². The van der Waals surface area contributed by atoms with Crippen molar-refractivity contribution in [2.24, 2.45) is 7.05 Å². The first-order chi connectivity index (χ1) is 10.6. The summed E-state index contributed by atoms with van der Waals surface area (Å²) in [6.07, 6.45) is 6.04. The van der Waals surface area contributed by atoms with Crippen molar-refractivity contribution in [1.82, 2.24) is 25.0 Å². The predicted octanol–water partition coefficient (Wildman–Crippen LogP) is 2.41. The normalized spacial score (nSPS) is 18.0. The van der Waals surface area contributed by atoms with Crippen LogP contribution in [-0.4, -0.2) is 32.2 Å². The molecule has 2 N–H and O–H groups in total. The van der Waals surface area contributed by atoms with Gasteiger partial charge in [0.05, 0.1) is 11.7 Å². The molecule has 3 rings (SSSR count). The second-order valence-electron chi connectivity index (χ2n) is 6.04. The summed E-state index contributed by atoms with van der Waals surface area (Å²) in [6, 6.07) is 2.16. The van der Waals surface area contributed by atoms with Gasteiger partial charge in [0.1, 0.15) is 0 Å². The molecule has 0 aromatic carbocycles. The van der Waals surface area contributed by atoms with E-state index in [1.54, 1.807) is 0 Å². The average Bonchev–Trinajstić information content (AvgIpc) is 3.18. The van der Waals surface area contributed by atoms with Crippen molar-refractivity contribution in [3.8, 4) is 0 Å². The highest BCUT2D eigenvalue weighted by molar-refractivity contribution is 5.75. The molecule has 2 aromatic rings. The van der Waals surface area contributed by atoms with Crippen LogP contribution in [0.1, 0.15) is 41.4 Å². The van der Waals surface area contributed by atoms with Crippen LogP contribution >= 0.6 is 0 Å². The van der Waals surface area contributed by atoms with E-state index in [9.17, 15) is 4.79 Å². The summed E-state index contributed by atoms with van der Waals surface area (Å²) in [6.45, 7) is 5.38. The molecule has 6 heteroatoms. The maximum atomic E-state index is 12.5. The van der Waals surface area contributed by atoms with Crippen LogP contribution in [0.15, 0.2) is 18.5 Å². The van der Waals surface area contributed by atoms with Crippen molar-refractivity contribution in [3.63, 3.8) is 0 Å². The number of likely N-dealkylation sites (tertiary alicyclic amines) is 1. The lowest BCUT2D eigenvalue weighted by atomic mass is 10.0. The maximum absolute atomic E-state index is 12.5. The molecule has 3 heterocycles. The number of aryl methyl sites for hydroxylation is 3. The van der Waals surface area contributed by atoms with Crippen LogP contribution < -0.4 is 5.32 Å². The molecular formula is C16H23N5O. The molecule has 0 spiro atoms. The molecule has 1 aliphatic heterocycles. The fraction of sp³-hybridized carbons (Fsp3) is 0.500. The van der Waals surface area contributed by atoms with E-state index in [-0.39, 0.29) is 12.1 Å². The number of amides is 2. The monoisotopic (exact) mass is 301 g/mol. The average molecular weight is 301 g/mol. The van der Waals surface area contributed by atoms with Crippen molar-refractivity contribution < 1.29 is 4.79 Å². The van der Waals surface area contributed by atoms with Crippen LogP contribution in [-0.2, 0) is 13.6 Å². The number of urea groups is 1. The van der Waals surface area contributed by atoms with E-state index in [1.807, 2.05) is 48.8 Å². The van der Waals surface area contributed by atoms with Crippen LogP contribution in [0.4, 0.5) is 4.79 Å². The Bertz CT molecular complexity index is 652. The van der Waals surface area contributed by atoms with Crippen LogP contribution in [0.5, 0.6) is 0 Å². The summed E-state index contributed by atoms with van der Waals surface area (Å²) in [5.41, 5.74) is 4.34. The number of nitrogens with zero attached hydrogens (tertiary/aromatic N) is 3. The lowest BCUT2D eigenvalue weighted by Crippen LogP contribution is -2.39. The molecule has 1 atom stereocenters. The molecule has 0 saturated carbocycles. The molecule has 0 bridgehead atoms. The number of rotatable bonds is 3. The van der Waals surface area contributed by atoms with Gasteiger partial charge in [-0.2, -0.15) is 5.10 Å². The number of aromatic amines is 1. The fourth-order valence-corrected chi connectivity index (χ4v) is 3.31. The molecule has 118 valence electrons. The van der Waals surface area contributed by atoms with Crippen LogP contribution in [0.3, 0.4) is 0 Å². The molecule has 6 nitrogen and oxygen atoms in total. The highest BCUT2D eigenvalue weighted by Gasteiger charge is 2.32. The number of carbonyl (C=O) groups is 1. The smallest absolute Gasteiger partial charge is 0.318 e. The number of hydrogen-bond acceptors (Lipinski definition) is 2. The third-order valence-electron chi connectivity index (χ3n) is 4.37. The maximum Gasteiger partial charge on any atom is 0.318 e. The minimum Gasteiger partial charge on any atom is -0.357 e. The Morgan fingerprint density at radius 3 is 2.95 bits per heavy atom. The van der Waals surface area contributed by atoms with Gasteiger partial charge in [-0.15, -0.1) is 0 Å². The van der Waals surface area contributed by atoms with Gasteiger partial charge in [-0.25, -0.2) is 4.79 Å². The van der Waals surface area contributed by atoms with Crippen molar-refractivity contribution in [2.45, 2.75) is 39.3 Å². The van der Waals surface area contributed by atoms with Crippen molar-refractivity contribution in [2.75, 3.05) is 6.54 Å². The number of H-pyrrole nitrogens is 1. The second-order valence-corrected chi connectivity index (χ2v) is 6.04. The molecule has 1 saturated heterocycles.